The van der Waals surface area contributed by atoms with Crippen molar-refractivity contribution in [2.75, 3.05) is 0 Å². The van der Waals surface area contributed by atoms with Crippen LogP contribution in [0.15, 0.2) is 11.6 Å². The smallest absolute Gasteiger partial charge is 0.254 e. The maximum atomic E-state index is 11.4. The van der Waals surface area contributed by atoms with Gasteiger partial charge in [-0.15, -0.1) is 0 Å². The van der Waals surface area contributed by atoms with Gasteiger partial charge in [0.15, 0.2) is 0 Å². The number of hydrogen-bond acceptors (Lipinski definition) is 3. The van der Waals surface area contributed by atoms with E-state index >= 15 is 0 Å². The van der Waals surface area contributed by atoms with Crippen LogP contribution in [0.4, 0.5) is 0 Å². The lowest BCUT2D eigenvalue weighted by molar-refractivity contribution is 0.0920. The fourth-order valence-electron chi connectivity index (χ4n) is 0.730. The summed E-state index contributed by atoms with van der Waals surface area (Å²) in [6.07, 6.45) is 1.58. The average Bonchev–Trinajstić information content (AvgIpc) is 2.32. The third-order valence-electron chi connectivity index (χ3n) is 1.18. The highest BCUT2D eigenvalue weighted by Crippen LogP contribution is 2.05. The first-order valence-electron chi connectivity index (χ1n) is 3.71. The van der Waals surface area contributed by atoms with Gasteiger partial charge < -0.3 is 5.32 Å². The van der Waals surface area contributed by atoms with Gasteiger partial charge in [0, 0.05) is 10.9 Å². The third-order valence-corrected chi connectivity index (χ3v) is 1.77. The third kappa shape index (κ3) is 2.62. The van der Waals surface area contributed by atoms with E-state index in [-0.39, 0.29) is 11.4 Å². The van der Waals surface area contributed by atoms with Gasteiger partial charge >= 0.3 is 0 Å². The second-order valence-electron chi connectivity index (χ2n) is 3.62. The summed E-state index contributed by atoms with van der Waals surface area (Å²) in [6.45, 7) is 5.85. The molecule has 0 aliphatic heterocycles. The largest absolute Gasteiger partial charge is 0.347 e. The Bertz CT molecular complexity index is 261. The van der Waals surface area contributed by atoms with Gasteiger partial charge in [-0.25, -0.2) is 4.37 Å². The van der Waals surface area contributed by atoms with Crippen LogP contribution in [-0.4, -0.2) is 15.8 Å². The van der Waals surface area contributed by atoms with Crippen molar-refractivity contribution in [3.63, 3.8) is 0 Å². The van der Waals surface area contributed by atoms with Crippen molar-refractivity contribution in [1.82, 2.24) is 9.69 Å². The summed E-state index contributed by atoms with van der Waals surface area (Å²) in [7, 11) is 0. The summed E-state index contributed by atoms with van der Waals surface area (Å²) in [5.74, 6) is -0.0590. The van der Waals surface area contributed by atoms with E-state index in [9.17, 15) is 4.79 Å². The van der Waals surface area contributed by atoms with Gasteiger partial charge in [0.2, 0.25) is 0 Å². The standard InChI is InChI=1S/C8H12N2OS/c1-8(2,3)10-7(11)6-4-9-12-5-6/h4-5H,1-3H3,(H,10,11). The summed E-state index contributed by atoms with van der Waals surface area (Å²) < 4.78 is 3.85. The Hall–Kier alpha value is -0.900. The second kappa shape index (κ2) is 3.23. The van der Waals surface area contributed by atoms with Gasteiger partial charge in [-0.2, -0.15) is 0 Å². The number of nitrogens with one attached hydrogen (secondary N) is 1. The molecule has 0 aromatic carbocycles. The molecule has 1 aromatic heterocycles. The first-order valence-corrected chi connectivity index (χ1v) is 4.54. The molecule has 0 saturated carbocycles. The van der Waals surface area contributed by atoms with Gasteiger partial charge in [-0.1, -0.05) is 0 Å². The number of hydrogen-bond donors (Lipinski definition) is 1. The molecule has 0 fully saturated rings. The van der Waals surface area contributed by atoms with E-state index in [1.165, 1.54) is 11.5 Å². The van der Waals surface area contributed by atoms with Crippen molar-refractivity contribution in [2.45, 2.75) is 26.3 Å². The molecule has 1 N–H and O–H groups in total. The van der Waals surface area contributed by atoms with Crippen LogP contribution in [0.3, 0.4) is 0 Å². The number of carbonyl (C=O) groups excluding carboxylic acids is 1. The number of nitrogens with zero attached hydrogens (tertiary/aromatic N) is 1. The molecule has 0 unspecified atom stereocenters. The molecule has 4 heteroatoms. The van der Waals surface area contributed by atoms with Crippen LogP contribution in [0.2, 0.25) is 0 Å². The number of rotatable bonds is 1. The van der Waals surface area contributed by atoms with E-state index in [4.69, 9.17) is 0 Å². The zero-order chi connectivity index (χ0) is 9.19. The zero-order valence-corrected chi connectivity index (χ0v) is 8.23. The Kier molecular flexibility index (Phi) is 2.47. The molecule has 0 radical (unpaired) electrons. The van der Waals surface area contributed by atoms with Crippen molar-refractivity contribution in [1.29, 1.82) is 0 Å². The molecule has 12 heavy (non-hydrogen) atoms. The van der Waals surface area contributed by atoms with Crippen molar-refractivity contribution in [3.8, 4) is 0 Å². The molecule has 1 heterocycles. The molecular formula is C8H12N2OS. The number of carbonyl (C=O) groups is 1. The Labute approximate surface area is 76.0 Å². The van der Waals surface area contributed by atoms with Crippen molar-refractivity contribution in [3.05, 3.63) is 17.1 Å². The van der Waals surface area contributed by atoms with Crippen LogP contribution in [0.25, 0.3) is 0 Å². The maximum Gasteiger partial charge on any atom is 0.254 e. The fraction of sp³-hybridized carbons (Fsp3) is 0.500. The molecule has 1 rings (SSSR count). The highest BCUT2D eigenvalue weighted by Gasteiger charge is 2.15. The van der Waals surface area contributed by atoms with Gasteiger partial charge in [-0.05, 0) is 32.3 Å². The first-order chi connectivity index (χ1) is 5.49. The quantitative estimate of drug-likeness (QED) is 0.721. The minimum Gasteiger partial charge on any atom is -0.347 e. The predicted molar refractivity (Wildman–Crippen MR) is 49.3 cm³/mol. The minimum atomic E-state index is -0.182. The summed E-state index contributed by atoms with van der Waals surface area (Å²) in [6, 6.07) is 0. The molecule has 0 saturated heterocycles. The van der Waals surface area contributed by atoms with Gasteiger partial charge in [-0.3, -0.25) is 4.79 Å². The molecule has 0 aliphatic carbocycles. The zero-order valence-electron chi connectivity index (χ0n) is 7.42. The number of amides is 1. The Morgan fingerprint density at radius 3 is 2.67 bits per heavy atom. The normalized spacial score (nSPS) is 11.2. The van der Waals surface area contributed by atoms with Crippen molar-refractivity contribution >= 4 is 17.4 Å². The maximum absolute atomic E-state index is 11.4. The van der Waals surface area contributed by atoms with Crippen LogP contribution in [0.5, 0.6) is 0 Å². The van der Waals surface area contributed by atoms with Crippen LogP contribution in [-0.2, 0) is 0 Å². The van der Waals surface area contributed by atoms with Gasteiger partial charge in [0.25, 0.3) is 5.91 Å². The topological polar surface area (TPSA) is 42.0 Å². The SMILES string of the molecule is CC(C)(C)NC(=O)c1cnsc1. The Morgan fingerprint density at radius 1 is 1.58 bits per heavy atom. The summed E-state index contributed by atoms with van der Waals surface area (Å²) in [4.78, 5) is 11.4. The van der Waals surface area contributed by atoms with Crippen LogP contribution >= 0.6 is 11.5 Å². The molecule has 1 amide bonds. The van der Waals surface area contributed by atoms with Crippen LogP contribution < -0.4 is 5.32 Å². The van der Waals surface area contributed by atoms with Crippen LogP contribution in [0.1, 0.15) is 31.1 Å². The molecular weight excluding hydrogens is 172 g/mol. The van der Waals surface area contributed by atoms with E-state index < -0.39 is 0 Å². The lowest BCUT2D eigenvalue weighted by Crippen LogP contribution is -2.40. The lowest BCUT2D eigenvalue weighted by atomic mass is 10.1. The van der Waals surface area contributed by atoms with Gasteiger partial charge in [0.1, 0.15) is 0 Å². The first kappa shape index (κ1) is 9.19. The van der Waals surface area contributed by atoms with E-state index in [1.807, 2.05) is 20.8 Å². The predicted octanol–water partition coefficient (Wildman–Crippen LogP) is 1.67. The Balaban J connectivity index is 2.63. The highest BCUT2D eigenvalue weighted by atomic mass is 32.1. The summed E-state index contributed by atoms with van der Waals surface area (Å²) >= 11 is 1.28. The highest BCUT2D eigenvalue weighted by molar-refractivity contribution is 7.03. The van der Waals surface area contributed by atoms with E-state index in [0.717, 1.165) is 0 Å². The lowest BCUT2D eigenvalue weighted by Gasteiger charge is -2.19. The molecule has 0 aliphatic rings. The molecule has 3 nitrogen and oxygen atoms in total. The van der Waals surface area contributed by atoms with Gasteiger partial charge in [0.05, 0.1) is 11.8 Å². The average molecular weight is 184 g/mol. The molecule has 0 bridgehead atoms. The van der Waals surface area contributed by atoms with E-state index in [2.05, 4.69) is 9.69 Å². The fourth-order valence-corrected chi connectivity index (χ4v) is 1.25. The summed E-state index contributed by atoms with van der Waals surface area (Å²) in [5, 5.41) is 4.59. The number of aromatic nitrogens is 1. The molecule has 0 spiro atoms. The monoisotopic (exact) mass is 184 g/mol. The minimum absolute atomic E-state index is 0.0590. The Morgan fingerprint density at radius 2 is 2.25 bits per heavy atom. The van der Waals surface area contributed by atoms with E-state index in [1.54, 1.807) is 11.6 Å². The van der Waals surface area contributed by atoms with Crippen LogP contribution in [0, 0.1) is 0 Å². The van der Waals surface area contributed by atoms with Crippen molar-refractivity contribution in [2.24, 2.45) is 0 Å². The van der Waals surface area contributed by atoms with Crippen molar-refractivity contribution < 1.29 is 4.79 Å². The molecule has 0 atom stereocenters. The molecule has 1 aromatic rings. The second-order valence-corrected chi connectivity index (χ2v) is 4.27. The molecule has 66 valence electrons. The van der Waals surface area contributed by atoms with E-state index in [0.29, 0.717) is 5.56 Å². The summed E-state index contributed by atoms with van der Waals surface area (Å²) in [5.41, 5.74) is 0.453.